The van der Waals surface area contributed by atoms with Crippen LogP contribution in [0.3, 0.4) is 0 Å². The van der Waals surface area contributed by atoms with Gasteiger partial charge < -0.3 is 9.73 Å². The van der Waals surface area contributed by atoms with E-state index in [9.17, 15) is 18.0 Å². The Kier molecular flexibility index (Phi) is 4.64. The van der Waals surface area contributed by atoms with E-state index in [-0.39, 0.29) is 17.9 Å². The maximum atomic E-state index is 12.6. The third-order valence-corrected chi connectivity index (χ3v) is 6.48. The quantitative estimate of drug-likeness (QED) is 0.663. The Labute approximate surface area is 161 Å². The van der Waals surface area contributed by atoms with Crippen molar-refractivity contribution >= 4 is 32.6 Å². The number of hydrogen-bond acceptors (Lipinski definition) is 5. The zero-order valence-corrected chi connectivity index (χ0v) is 15.7. The zero-order chi connectivity index (χ0) is 19.7. The number of amides is 1. The summed E-state index contributed by atoms with van der Waals surface area (Å²) in [6, 6.07) is 15.7. The van der Waals surface area contributed by atoms with Crippen LogP contribution in [-0.4, -0.2) is 33.2 Å². The van der Waals surface area contributed by atoms with Crippen molar-refractivity contribution in [3.63, 3.8) is 0 Å². The predicted molar refractivity (Wildman–Crippen MR) is 106 cm³/mol. The Morgan fingerprint density at radius 3 is 2.71 bits per heavy atom. The van der Waals surface area contributed by atoms with Crippen LogP contribution in [0, 0.1) is 0 Å². The van der Waals surface area contributed by atoms with Crippen LogP contribution in [0.5, 0.6) is 0 Å². The van der Waals surface area contributed by atoms with Crippen LogP contribution in [-0.2, 0) is 16.4 Å². The number of nitrogens with one attached hydrogen (secondary N) is 1. The molecule has 1 aromatic heterocycles. The SMILES string of the molecule is O=C(NCCS(=O)(=O)N1CCc2ccccc21)c1cc2ccccc2oc1=O. The molecular formula is C20H18N2O5S. The second-order valence-corrected chi connectivity index (χ2v) is 8.52. The third kappa shape index (κ3) is 3.38. The predicted octanol–water partition coefficient (Wildman–Crippen LogP) is 1.92. The van der Waals surface area contributed by atoms with E-state index in [1.807, 2.05) is 12.1 Å². The van der Waals surface area contributed by atoms with Crippen LogP contribution in [0.25, 0.3) is 11.0 Å². The Hall–Kier alpha value is -3.13. The molecule has 1 aliphatic rings. The fraction of sp³-hybridized carbons (Fsp3) is 0.200. The van der Waals surface area contributed by atoms with Crippen LogP contribution in [0.2, 0.25) is 0 Å². The molecule has 0 aliphatic carbocycles. The van der Waals surface area contributed by atoms with Crippen molar-refractivity contribution in [2.24, 2.45) is 0 Å². The number of carbonyl (C=O) groups is 1. The van der Waals surface area contributed by atoms with Gasteiger partial charge in [0.25, 0.3) is 5.91 Å². The summed E-state index contributed by atoms with van der Waals surface area (Å²) in [6.07, 6.45) is 0.667. The summed E-state index contributed by atoms with van der Waals surface area (Å²) < 4.78 is 31.8. The highest BCUT2D eigenvalue weighted by atomic mass is 32.2. The number of fused-ring (bicyclic) bond motifs is 2. The van der Waals surface area contributed by atoms with Crippen molar-refractivity contribution in [3.8, 4) is 0 Å². The summed E-state index contributed by atoms with van der Waals surface area (Å²) in [7, 11) is -3.58. The highest BCUT2D eigenvalue weighted by Gasteiger charge is 2.28. The van der Waals surface area contributed by atoms with E-state index < -0.39 is 21.6 Å². The first-order valence-electron chi connectivity index (χ1n) is 8.85. The topological polar surface area (TPSA) is 96.7 Å². The van der Waals surface area contributed by atoms with Crippen LogP contribution in [0.1, 0.15) is 15.9 Å². The number of sulfonamides is 1. The van der Waals surface area contributed by atoms with Crippen LogP contribution >= 0.6 is 0 Å². The Balaban J connectivity index is 1.45. The number of para-hydroxylation sites is 2. The summed E-state index contributed by atoms with van der Waals surface area (Å²) in [5.41, 5.74) is 1.15. The van der Waals surface area contributed by atoms with Gasteiger partial charge in [-0.3, -0.25) is 9.10 Å². The molecule has 8 heteroatoms. The lowest BCUT2D eigenvalue weighted by Crippen LogP contribution is -2.37. The summed E-state index contributed by atoms with van der Waals surface area (Å²) in [4.78, 5) is 24.4. The van der Waals surface area contributed by atoms with Crippen LogP contribution in [0.15, 0.2) is 63.8 Å². The molecule has 3 aromatic rings. The fourth-order valence-electron chi connectivity index (χ4n) is 3.32. The summed E-state index contributed by atoms with van der Waals surface area (Å²) >= 11 is 0. The molecule has 28 heavy (non-hydrogen) atoms. The molecule has 1 amide bonds. The molecule has 0 unspecified atom stereocenters. The first-order chi connectivity index (χ1) is 13.5. The molecule has 0 bridgehead atoms. The van der Waals surface area contributed by atoms with Gasteiger partial charge in [0.05, 0.1) is 11.4 Å². The fourth-order valence-corrected chi connectivity index (χ4v) is 4.74. The molecule has 1 N–H and O–H groups in total. The maximum absolute atomic E-state index is 12.6. The molecule has 2 heterocycles. The monoisotopic (exact) mass is 398 g/mol. The molecule has 7 nitrogen and oxygen atoms in total. The first-order valence-corrected chi connectivity index (χ1v) is 10.5. The van der Waals surface area contributed by atoms with Crippen LogP contribution < -0.4 is 15.2 Å². The minimum atomic E-state index is -3.58. The number of hydrogen-bond donors (Lipinski definition) is 1. The van der Waals surface area contributed by atoms with E-state index in [0.29, 0.717) is 29.6 Å². The minimum Gasteiger partial charge on any atom is -0.422 e. The van der Waals surface area contributed by atoms with Gasteiger partial charge in [-0.2, -0.15) is 0 Å². The molecule has 4 rings (SSSR count). The molecule has 0 saturated heterocycles. The van der Waals surface area contributed by atoms with Crippen molar-refractivity contribution in [2.45, 2.75) is 6.42 Å². The van der Waals surface area contributed by atoms with Gasteiger partial charge in [-0.1, -0.05) is 36.4 Å². The highest BCUT2D eigenvalue weighted by Crippen LogP contribution is 2.29. The van der Waals surface area contributed by atoms with Gasteiger partial charge in [0, 0.05) is 18.5 Å². The van der Waals surface area contributed by atoms with E-state index in [4.69, 9.17) is 4.42 Å². The van der Waals surface area contributed by atoms with Gasteiger partial charge in [0.2, 0.25) is 10.0 Å². The van der Waals surface area contributed by atoms with Crippen molar-refractivity contribution in [3.05, 3.63) is 76.1 Å². The van der Waals surface area contributed by atoms with Crippen molar-refractivity contribution in [1.82, 2.24) is 5.32 Å². The van der Waals surface area contributed by atoms with E-state index in [2.05, 4.69) is 5.32 Å². The van der Waals surface area contributed by atoms with Gasteiger partial charge >= 0.3 is 5.63 Å². The van der Waals surface area contributed by atoms with E-state index in [1.165, 1.54) is 10.4 Å². The second kappa shape index (κ2) is 7.12. The zero-order valence-electron chi connectivity index (χ0n) is 14.9. The highest BCUT2D eigenvalue weighted by molar-refractivity contribution is 7.92. The van der Waals surface area contributed by atoms with Gasteiger partial charge in [-0.25, -0.2) is 13.2 Å². The second-order valence-electron chi connectivity index (χ2n) is 6.51. The van der Waals surface area contributed by atoms with E-state index in [1.54, 1.807) is 36.4 Å². The number of anilines is 1. The lowest BCUT2D eigenvalue weighted by atomic mass is 10.2. The molecule has 0 radical (unpaired) electrons. The Bertz CT molecular complexity index is 1220. The van der Waals surface area contributed by atoms with Gasteiger partial charge in [0.1, 0.15) is 11.1 Å². The average Bonchev–Trinajstić information content (AvgIpc) is 3.12. The number of benzene rings is 2. The molecule has 0 saturated carbocycles. The Morgan fingerprint density at radius 1 is 1.11 bits per heavy atom. The largest absolute Gasteiger partial charge is 0.422 e. The van der Waals surface area contributed by atoms with Gasteiger partial charge in [0.15, 0.2) is 0 Å². The number of rotatable bonds is 5. The van der Waals surface area contributed by atoms with Crippen LogP contribution in [0.4, 0.5) is 5.69 Å². The molecule has 0 fully saturated rings. The van der Waals surface area contributed by atoms with Crippen molar-refractivity contribution in [1.29, 1.82) is 0 Å². The molecular weight excluding hydrogens is 380 g/mol. The lowest BCUT2D eigenvalue weighted by molar-refractivity contribution is 0.0952. The lowest BCUT2D eigenvalue weighted by Gasteiger charge is -2.19. The van der Waals surface area contributed by atoms with Gasteiger partial charge in [-0.05, 0) is 30.2 Å². The molecule has 144 valence electrons. The first kappa shape index (κ1) is 18.2. The average molecular weight is 398 g/mol. The van der Waals surface area contributed by atoms with Crippen molar-refractivity contribution < 1.29 is 17.6 Å². The smallest absolute Gasteiger partial charge is 0.349 e. The standard InChI is InChI=1S/C20H18N2O5S/c23-19(16-13-15-6-2-4-8-18(15)27-20(16)24)21-10-12-28(25,26)22-11-9-14-5-1-3-7-17(14)22/h1-8,13H,9-12H2,(H,21,23). The van der Waals surface area contributed by atoms with E-state index >= 15 is 0 Å². The third-order valence-electron chi connectivity index (χ3n) is 4.71. The number of nitrogens with zero attached hydrogens (tertiary/aromatic N) is 1. The normalized spacial score (nSPS) is 13.5. The number of carbonyl (C=O) groups excluding carboxylic acids is 1. The summed E-state index contributed by atoms with van der Waals surface area (Å²) in [5, 5.41) is 3.12. The summed E-state index contributed by atoms with van der Waals surface area (Å²) in [5.74, 6) is -0.914. The van der Waals surface area contributed by atoms with E-state index in [0.717, 1.165) is 5.56 Å². The molecule has 1 aliphatic heterocycles. The maximum Gasteiger partial charge on any atom is 0.349 e. The molecule has 0 spiro atoms. The Morgan fingerprint density at radius 2 is 1.86 bits per heavy atom. The summed E-state index contributed by atoms with van der Waals surface area (Å²) in [6.45, 7) is 0.288. The van der Waals surface area contributed by atoms with Crippen molar-refractivity contribution in [2.75, 3.05) is 23.1 Å². The minimum absolute atomic E-state index is 0.105. The molecule has 2 aromatic carbocycles. The van der Waals surface area contributed by atoms with Gasteiger partial charge in [-0.15, -0.1) is 0 Å². The molecule has 0 atom stereocenters.